The molecule has 0 radical (unpaired) electrons. The molecule has 0 saturated carbocycles. The zero-order valence-electron chi connectivity index (χ0n) is 13.0. The summed E-state index contributed by atoms with van der Waals surface area (Å²) in [6.45, 7) is 3.05. The third kappa shape index (κ3) is 3.46. The molecule has 3 heteroatoms. The van der Waals surface area contributed by atoms with Crippen LogP contribution in [0.4, 0.5) is 0 Å². The van der Waals surface area contributed by atoms with Gasteiger partial charge in [0.1, 0.15) is 0 Å². The first kappa shape index (κ1) is 14.6. The second kappa shape index (κ2) is 6.61. The van der Waals surface area contributed by atoms with Crippen LogP contribution in [0.2, 0.25) is 0 Å². The minimum absolute atomic E-state index is 0.00109. The Labute approximate surface area is 127 Å². The average molecular weight is 286 g/mol. The van der Waals surface area contributed by atoms with Crippen molar-refractivity contribution in [2.45, 2.75) is 64.0 Å². The summed E-state index contributed by atoms with van der Waals surface area (Å²) in [5.74, 6) is 0.153. The van der Waals surface area contributed by atoms with E-state index in [0.29, 0.717) is 0 Å². The molecule has 1 fully saturated rings. The molecule has 3 rings (SSSR count). The first-order chi connectivity index (χ1) is 10.2. The molecule has 0 spiro atoms. The van der Waals surface area contributed by atoms with Gasteiger partial charge in [-0.1, -0.05) is 24.6 Å². The topological polar surface area (TPSA) is 41.1 Å². The molecule has 21 heavy (non-hydrogen) atoms. The second-order valence-electron chi connectivity index (χ2n) is 6.47. The van der Waals surface area contributed by atoms with Crippen LogP contribution in [0, 0.1) is 0 Å². The van der Waals surface area contributed by atoms with E-state index in [0.717, 1.165) is 19.4 Å². The molecule has 1 aliphatic carbocycles. The van der Waals surface area contributed by atoms with Crippen LogP contribution in [0.15, 0.2) is 18.2 Å². The third-order valence-corrected chi connectivity index (χ3v) is 4.86. The van der Waals surface area contributed by atoms with Crippen molar-refractivity contribution >= 4 is 5.91 Å². The zero-order chi connectivity index (χ0) is 14.7. The Morgan fingerprint density at radius 1 is 1.19 bits per heavy atom. The van der Waals surface area contributed by atoms with E-state index in [1.165, 1.54) is 48.8 Å². The molecule has 2 aliphatic rings. The molecular formula is C18H26N2O. The summed E-state index contributed by atoms with van der Waals surface area (Å²) < 4.78 is 0. The molecule has 2 atom stereocenters. The van der Waals surface area contributed by atoms with Gasteiger partial charge in [-0.3, -0.25) is 4.79 Å². The van der Waals surface area contributed by atoms with Crippen LogP contribution >= 0.6 is 0 Å². The summed E-state index contributed by atoms with van der Waals surface area (Å²) in [5, 5.41) is 6.48. The molecule has 1 unspecified atom stereocenters. The average Bonchev–Trinajstić information content (AvgIpc) is 2.55. The molecule has 2 N–H and O–H groups in total. The fourth-order valence-corrected chi connectivity index (χ4v) is 3.50. The lowest BCUT2D eigenvalue weighted by Gasteiger charge is -2.25. The second-order valence-corrected chi connectivity index (χ2v) is 6.47. The van der Waals surface area contributed by atoms with Crippen LogP contribution in [0.25, 0.3) is 0 Å². The SMILES string of the molecule is CC(NC(=O)[C@@H]1CCCCN1)c1ccc2c(c1)CCCC2. The van der Waals surface area contributed by atoms with Crippen LogP contribution in [-0.4, -0.2) is 18.5 Å². The lowest BCUT2D eigenvalue weighted by atomic mass is 9.89. The molecule has 1 aromatic carbocycles. The molecule has 0 aromatic heterocycles. The Bertz CT molecular complexity index is 506. The van der Waals surface area contributed by atoms with Gasteiger partial charge in [0.2, 0.25) is 5.91 Å². The van der Waals surface area contributed by atoms with Gasteiger partial charge < -0.3 is 10.6 Å². The lowest BCUT2D eigenvalue weighted by Crippen LogP contribution is -2.47. The maximum Gasteiger partial charge on any atom is 0.237 e. The maximum absolute atomic E-state index is 12.3. The Kier molecular flexibility index (Phi) is 4.59. The standard InChI is InChI=1S/C18H26N2O/c1-13(20-18(21)17-8-4-5-11-19-17)15-10-9-14-6-2-3-7-16(14)12-15/h9-10,12-13,17,19H,2-8,11H2,1H3,(H,20,21)/t13?,17-/m0/s1. The van der Waals surface area contributed by atoms with Gasteiger partial charge in [0, 0.05) is 0 Å². The minimum Gasteiger partial charge on any atom is -0.348 e. The van der Waals surface area contributed by atoms with Gasteiger partial charge in [-0.05, 0) is 68.7 Å². The quantitative estimate of drug-likeness (QED) is 0.897. The largest absolute Gasteiger partial charge is 0.348 e. The molecule has 1 heterocycles. The Morgan fingerprint density at radius 3 is 2.76 bits per heavy atom. The number of carbonyl (C=O) groups excluding carboxylic acids is 1. The first-order valence-electron chi connectivity index (χ1n) is 8.39. The first-order valence-corrected chi connectivity index (χ1v) is 8.39. The van der Waals surface area contributed by atoms with E-state index in [1.807, 2.05) is 0 Å². The molecule has 1 aromatic rings. The highest BCUT2D eigenvalue weighted by molar-refractivity contribution is 5.82. The monoisotopic (exact) mass is 286 g/mol. The predicted octanol–water partition coefficient (Wildman–Crippen LogP) is 2.88. The Balaban J connectivity index is 1.64. The van der Waals surface area contributed by atoms with Crippen molar-refractivity contribution in [1.29, 1.82) is 0 Å². The number of amides is 1. The van der Waals surface area contributed by atoms with Crippen molar-refractivity contribution < 1.29 is 4.79 Å². The number of hydrogen-bond acceptors (Lipinski definition) is 2. The Morgan fingerprint density at radius 2 is 2.00 bits per heavy atom. The van der Waals surface area contributed by atoms with Gasteiger partial charge in [0.15, 0.2) is 0 Å². The maximum atomic E-state index is 12.3. The van der Waals surface area contributed by atoms with Crippen molar-refractivity contribution in [2.24, 2.45) is 0 Å². The molecule has 1 saturated heterocycles. The fourth-order valence-electron chi connectivity index (χ4n) is 3.50. The summed E-state index contributed by atoms with van der Waals surface area (Å²) in [4.78, 5) is 12.3. The Hall–Kier alpha value is -1.35. The summed E-state index contributed by atoms with van der Waals surface area (Å²) in [5.41, 5.74) is 4.22. The lowest BCUT2D eigenvalue weighted by molar-refractivity contribution is -0.124. The summed E-state index contributed by atoms with van der Waals surface area (Å²) in [6, 6.07) is 6.83. The number of benzene rings is 1. The van der Waals surface area contributed by atoms with Gasteiger partial charge in [-0.25, -0.2) is 0 Å². The van der Waals surface area contributed by atoms with Gasteiger partial charge in [0.25, 0.3) is 0 Å². The van der Waals surface area contributed by atoms with Crippen LogP contribution in [-0.2, 0) is 17.6 Å². The van der Waals surface area contributed by atoms with Crippen LogP contribution in [0.5, 0.6) is 0 Å². The van der Waals surface area contributed by atoms with Crippen molar-refractivity contribution in [1.82, 2.24) is 10.6 Å². The van der Waals surface area contributed by atoms with Crippen molar-refractivity contribution in [3.05, 3.63) is 34.9 Å². The van der Waals surface area contributed by atoms with E-state index in [4.69, 9.17) is 0 Å². The van der Waals surface area contributed by atoms with Crippen LogP contribution in [0.3, 0.4) is 0 Å². The number of rotatable bonds is 3. The van der Waals surface area contributed by atoms with E-state index in [9.17, 15) is 4.79 Å². The zero-order valence-corrected chi connectivity index (χ0v) is 13.0. The van der Waals surface area contributed by atoms with E-state index in [-0.39, 0.29) is 18.0 Å². The predicted molar refractivity (Wildman–Crippen MR) is 85.3 cm³/mol. The minimum atomic E-state index is -0.00109. The van der Waals surface area contributed by atoms with E-state index < -0.39 is 0 Å². The van der Waals surface area contributed by atoms with Crippen molar-refractivity contribution in [3.8, 4) is 0 Å². The summed E-state index contributed by atoms with van der Waals surface area (Å²) >= 11 is 0. The van der Waals surface area contributed by atoms with E-state index in [2.05, 4.69) is 35.8 Å². The number of fused-ring (bicyclic) bond motifs is 1. The number of nitrogens with one attached hydrogen (secondary N) is 2. The van der Waals surface area contributed by atoms with Crippen molar-refractivity contribution in [2.75, 3.05) is 6.54 Å². The molecule has 0 bridgehead atoms. The highest BCUT2D eigenvalue weighted by atomic mass is 16.2. The summed E-state index contributed by atoms with van der Waals surface area (Å²) in [6.07, 6.45) is 8.30. The third-order valence-electron chi connectivity index (χ3n) is 4.86. The molecular weight excluding hydrogens is 260 g/mol. The number of hydrogen-bond donors (Lipinski definition) is 2. The van der Waals surface area contributed by atoms with Gasteiger partial charge >= 0.3 is 0 Å². The fraction of sp³-hybridized carbons (Fsp3) is 0.611. The number of piperidine rings is 1. The smallest absolute Gasteiger partial charge is 0.237 e. The normalized spacial score (nSPS) is 23.2. The van der Waals surface area contributed by atoms with Gasteiger partial charge in [0.05, 0.1) is 12.1 Å². The van der Waals surface area contributed by atoms with Gasteiger partial charge in [-0.2, -0.15) is 0 Å². The van der Waals surface area contributed by atoms with Crippen LogP contribution < -0.4 is 10.6 Å². The highest BCUT2D eigenvalue weighted by Gasteiger charge is 2.22. The molecule has 114 valence electrons. The van der Waals surface area contributed by atoms with E-state index in [1.54, 1.807) is 0 Å². The number of carbonyl (C=O) groups is 1. The molecule has 1 aliphatic heterocycles. The number of aryl methyl sites for hydroxylation is 2. The highest BCUT2D eigenvalue weighted by Crippen LogP contribution is 2.24. The molecule has 1 amide bonds. The summed E-state index contributed by atoms with van der Waals surface area (Å²) in [7, 11) is 0. The van der Waals surface area contributed by atoms with Gasteiger partial charge in [-0.15, -0.1) is 0 Å². The molecule has 3 nitrogen and oxygen atoms in total. The van der Waals surface area contributed by atoms with Crippen LogP contribution in [0.1, 0.15) is 61.8 Å². The van der Waals surface area contributed by atoms with E-state index >= 15 is 0 Å². The van der Waals surface area contributed by atoms with Crippen molar-refractivity contribution in [3.63, 3.8) is 0 Å².